The fourth-order valence-corrected chi connectivity index (χ4v) is 1.81. The first kappa shape index (κ1) is 14.8. The summed E-state index contributed by atoms with van der Waals surface area (Å²) in [6.07, 6.45) is 0.806. The maximum absolute atomic E-state index is 11.5. The number of likely N-dealkylation sites (N-methyl/N-ethyl adjacent to an activating group) is 1. The highest BCUT2D eigenvalue weighted by molar-refractivity contribution is 5.96. The minimum absolute atomic E-state index is 0.109. The minimum atomic E-state index is -1.06. The van der Waals surface area contributed by atoms with E-state index in [2.05, 4.69) is 5.32 Å². The number of carboxylic acids is 1. The van der Waals surface area contributed by atoms with Crippen LogP contribution in [-0.4, -0.2) is 37.1 Å². The smallest absolute Gasteiger partial charge is 0.337 e. The molecule has 19 heavy (non-hydrogen) atoms. The van der Waals surface area contributed by atoms with Crippen LogP contribution in [0.1, 0.15) is 23.7 Å². The van der Waals surface area contributed by atoms with Crippen molar-refractivity contribution in [2.75, 3.05) is 30.8 Å². The molecule has 0 aliphatic rings. The highest BCUT2D eigenvalue weighted by Gasteiger charge is 2.17. The van der Waals surface area contributed by atoms with Crippen LogP contribution < -0.4 is 16.0 Å². The number of amides is 1. The largest absolute Gasteiger partial charge is 0.478 e. The summed E-state index contributed by atoms with van der Waals surface area (Å²) in [6.45, 7) is 2.68. The zero-order valence-electron chi connectivity index (χ0n) is 11.1. The molecule has 6 heteroatoms. The molecule has 104 valence electrons. The van der Waals surface area contributed by atoms with Crippen molar-refractivity contribution in [1.82, 2.24) is 5.32 Å². The molecule has 0 saturated carbocycles. The summed E-state index contributed by atoms with van der Waals surface area (Å²) in [6, 6.07) is 4.68. The standard InChI is InChI=1S/C13H19N3O3/c1-3-6-16(8-12(17)15-2)11-5-4-9(14)7-10(11)13(18)19/h4-5,7H,3,6,8,14H2,1-2H3,(H,15,17)(H,18,19). The molecular weight excluding hydrogens is 246 g/mol. The number of carboxylic acid groups (broad SMARTS) is 1. The number of hydrogen-bond acceptors (Lipinski definition) is 4. The van der Waals surface area contributed by atoms with Gasteiger partial charge in [-0.3, -0.25) is 4.79 Å². The number of carbonyl (C=O) groups excluding carboxylic acids is 1. The highest BCUT2D eigenvalue weighted by atomic mass is 16.4. The Kier molecular flexibility index (Phi) is 5.17. The normalized spacial score (nSPS) is 10.0. The average molecular weight is 265 g/mol. The van der Waals surface area contributed by atoms with Gasteiger partial charge in [-0.25, -0.2) is 4.79 Å². The third kappa shape index (κ3) is 3.87. The lowest BCUT2D eigenvalue weighted by Gasteiger charge is -2.25. The van der Waals surface area contributed by atoms with Crippen molar-refractivity contribution in [3.63, 3.8) is 0 Å². The third-order valence-electron chi connectivity index (χ3n) is 2.70. The van der Waals surface area contributed by atoms with Crippen LogP contribution in [-0.2, 0) is 4.79 Å². The topological polar surface area (TPSA) is 95.7 Å². The van der Waals surface area contributed by atoms with E-state index in [-0.39, 0.29) is 18.0 Å². The van der Waals surface area contributed by atoms with Gasteiger partial charge in [-0.2, -0.15) is 0 Å². The molecule has 6 nitrogen and oxygen atoms in total. The van der Waals surface area contributed by atoms with Crippen LogP contribution in [0.5, 0.6) is 0 Å². The summed E-state index contributed by atoms with van der Waals surface area (Å²) in [5.41, 5.74) is 6.61. The third-order valence-corrected chi connectivity index (χ3v) is 2.70. The molecule has 0 spiro atoms. The van der Waals surface area contributed by atoms with Gasteiger partial charge in [-0.05, 0) is 24.6 Å². The van der Waals surface area contributed by atoms with Crippen LogP contribution in [0.2, 0.25) is 0 Å². The second-order valence-corrected chi connectivity index (χ2v) is 4.18. The molecule has 4 N–H and O–H groups in total. The van der Waals surface area contributed by atoms with E-state index in [4.69, 9.17) is 5.73 Å². The van der Waals surface area contributed by atoms with Gasteiger partial charge in [0.2, 0.25) is 5.91 Å². The van der Waals surface area contributed by atoms with Gasteiger partial charge in [-0.1, -0.05) is 6.92 Å². The Hall–Kier alpha value is -2.24. The predicted octanol–water partition coefficient (Wildman–Crippen LogP) is 0.929. The Bertz CT molecular complexity index is 474. The van der Waals surface area contributed by atoms with Crippen LogP contribution in [0.4, 0.5) is 11.4 Å². The first-order valence-corrected chi connectivity index (χ1v) is 6.08. The van der Waals surface area contributed by atoms with Crippen molar-refractivity contribution < 1.29 is 14.7 Å². The van der Waals surface area contributed by atoms with Gasteiger partial charge in [0.05, 0.1) is 17.8 Å². The SMILES string of the molecule is CCCN(CC(=O)NC)c1ccc(N)cc1C(=O)O. The number of nitrogen functional groups attached to an aromatic ring is 1. The molecule has 0 aliphatic carbocycles. The van der Waals surface area contributed by atoms with Crippen LogP contribution >= 0.6 is 0 Å². The molecule has 1 rings (SSSR count). The number of nitrogens with zero attached hydrogens (tertiary/aromatic N) is 1. The van der Waals surface area contributed by atoms with Crippen LogP contribution in [0, 0.1) is 0 Å². The fourth-order valence-electron chi connectivity index (χ4n) is 1.81. The fraction of sp³-hybridized carbons (Fsp3) is 0.385. The van der Waals surface area contributed by atoms with Crippen molar-refractivity contribution in [1.29, 1.82) is 0 Å². The zero-order chi connectivity index (χ0) is 14.4. The maximum Gasteiger partial charge on any atom is 0.337 e. The molecule has 0 fully saturated rings. The lowest BCUT2D eigenvalue weighted by atomic mass is 10.1. The second kappa shape index (κ2) is 6.63. The maximum atomic E-state index is 11.5. The van der Waals surface area contributed by atoms with Gasteiger partial charge >= 0.3 is 5.97 Å². The molecule has 0 aromatic heterocycles. The molecule has 0 unspecified atom stereocenters. The van der Waals surface area contributed by atoms with Crippen LogP contribution in [0.3, 0.4) is 0 Å². The zero-order valence-corrected chi connectivity index (χ0v) is 11.1. The second-order valence-electron chi connectivity index (χ2n) is 4.18. The van der Waals surface area contributed by atoms with Gasteiger partial charge in [0.25, 0.3) is 0 Å². The number of anilines is 2. The van der Waals surface area contributed by atoms with E-state index in [1.54, 1.807) is 24.1 Å². The van der Waals surface area contributed by atoms with E-state index >= 15 is 0 Å². The van der Waals surface area contributed by atoms with Crippen molar-refractivity contribution in [3.05, 3.63) is 23.8 Å². The molecule has 0 radical (unpaired) electrons. The minimum Gasteiger partial charge on any atom is -0.478 e. The van der Waals surface area contributed by atoms with Crippen molar-refractivity contribution in [2.24, 2.45) is 0 Å². The van der Waals surface area contributed by atoms with E-state index in [9.17, 15) is 14.7 Å². The summed E-state index contributed by atoms with van der Waals surface area (Å²) in [5.74, 6) is -1.22. The summed E-state index contributed by atoms with van der Waals surface area (Å²) in [4.78, 5) is 24.5. The van der Waals surface area contributed by atoms with Gasteiger partial charge in [0, 0.05) is 19.3 Å². The van der Waals surface area contributed by atoms with E-state index in [1.165, 1.54) is 6.07 Å². The Morgan fingerprint density at radius 1 is 1.42 bits per heavy atom. The van der Waals surface area contributed by atoms with E-state index in [1.807, 2.05) is 6.92 Å². The van der Waals surface area contributed by atoms with Gasteiger partial charge in [-0.15, -0.1) is 0 Å². The Morgan fingerprint density at radius 2 is 2.11 bits per heavy atom. The quantitative estimate of drug-likeness (QED) is 0.665. The molecule has 1 aromatic carbocycles. The van der Waals surface area contributed by atoms with Gasteiger partial charge in [0.15, 0.2) is 0 Å². The number of hydrogen-bond donors (Lipinski definition) is 3. The van der Waals surface area contributed by atoms with E-state index < -0.39 is 5.97 Å². The molecule has 0 heterocycles. The van der Waals surface area contributed by atoms with Crippen LogP contribution in [0.25, 0.3) is 0 Å². The highest BCUT2D eigenvalue weighted by Crippen LogP contribution is 2.23. The number of nitrogens with two attached hydrogens (primary N) is 1. The Morgan fingerprint density at radius 3 is 2.63 bits per heavy atom. The first-order chi connectivity index (χ1) is 8.99. The first-order valence-electron chi connectivity index (χ1n) is 6.08. The lowest BCUT2D eigenvalue weighted by molar-refractivity contribution is -0.119. The summed E-state index contributed by atoms with van der Waals surface area (Å²) in [7, 11) is 1.55. The number of rotatable bonds is 6. The van der Waals surface area contributed by atoms with E-state index in [0.29, 0.717) is 17.9 Å². The van der Waals surface area contributed by atoms with Crippen LogP contribution in [0.15, 0.2) is 18.2 Å². The van der Waals surface area contributed by atoms with Crippen molar-refractivity contribution >= 4 is 23.3 Å². The predicted molar refractivity (Wildman–Crippen MR) is 74.4 cm³/mol. The van der Waals surface area contributed by atoms with Gasteiger partial charge in [0.1, 0.15) is 0 Å². The molecular formula is C13H19N3O3. The monoisotopic (exact) mass is 265 g/mol. The summed E-state index contributed by atoms with van der Waals surface area (Å²) in [5, 5.41) is 11.7. The lowest BCUT2D eigenvalue weighted by Crippen LogP contribution is -2.37. The molecule has 0 saturated heterocycles. The number of benzene rings is 1. The van der Waals surface area contributed by atoms with Gasteiger partial charge < -0.3 is 21.1 Å². The number of aromatic carboxylic acids is 1. The van der Waals surface area contributed by atoms with E-state index in [0.717, 1.165) is 6.42 Å². The summed E-state index contributed by atoms with van der Waals surface area (Å²) >= 11 is 0. The Labute approximate surface area is 112 Å². The van der Waals surface area contributed by atoms with Crippen molar-refractivity contribution in [3.8, 4) is 0 Å². The Balaban J connectivity index is 3.14. The number of nitrogens with one attached hydrogen (secondary N) is 1. The average Bonchev–Trinajstić information content (AvgIpc) is 2.38. The molecule has 0 bridgehead atoms. The molecule has 1 amide bonds. The molecule has 0 aliphatic heterocycles. The molecule has 0 atom stereocenters. The summed E-state index contributed by atoms with van der Waals surface area (Å²) < 4.78 is 0. The van der Waals surface area contributed by atoms with Crippen molar-refractivity contribution in [2.45, 2.75) is 13.3 Å². The molecule has 1 aromatic rings. The number of carbonyl (C=O) groups is 2.